The van der Waals surface area contributed by atoms with Gasteiger partial charge in [-0.3, -0.25) is 19.3 Å². The largest absolute Gasteiger partial charge is 0.454 e. The number of hydrogen-bond donors (Lipinski definition) is 0. The van der Waals surface area contributed by atoms with E-state index in [9.17, 15) is 19.2 Å². The molecule has 4 aromatic carbocycles. The zero-order valence-corrected chi connectivity index (χ0v) is 27.5. The molecule has 3 aliphatic rings. The molecule has 0 N–H and O–H groups in total. The topological polar surface area (TPSA) is 93.6 Å². The number of benzene rings is 4. The number of amides is 2. The van der Waals surface area contributed by atoms with Crippen LogP contribution in [-0.4, -0.2) is 35.2 Å². The van der Waals surface area contributed by atoms with Crippen LogP contribution >= 0.6 is 15.9 Å². The zero-order valence-electron chi connectivity index (χ0n) is 25.9. The van der Waals surface area contributed by atoms with Gasteiger partial charge in [-0.25, -0.2) is 9.78 Å². The molecule has 2 aliphatic carbocycles. The van der Waals surface area contributed by atoms with Crippen molar-refractivity contribution in [3.63, 3.8) is 0 Å². The maximum atomic E-state index is 13.5. The number of halogens is 1. The summed E-state index contributed by atoms with van der Waals surface area (Å²) < 4.78 is 6.32. The molecule has 1 aliphatic heterocycles. The maximum absolute atomic E-state index is 13.5. The molecule has 7 nitrogen and oxygen atoms in total. The molecule has 2 fully saturated rings. The molecule has 1 saturated carbocycles. The highest BCUT2D eigenvalue weighted by Crippen LogP contribution is 2.56. The molecular weight excluding hydrogens is 668 g/mol. The lowest BCUT2D eigenvalue weighted by Crippen LogP contribution is -2.32. The normalized spacial score (nSPS) is 21.0. The zero-order chi connectivity index (χ0) is 33.1. The minimum atomic E-state index is -0.647. The van der Waals surface area contributed by atoms with E-state index in [1.807, 2.05) is 48.5 Å². The van der Waals surface area contributed by atoms with Gasteiger partial charge in [0, 0.05) is 21.0 Å². The molecule has 48 heavy (non-hydrogen) atoms. The summed E-state index contributed by atoms with van der Waals surface area (Å²) in [5.74, 6) is -1.48. The highest BCUT2D eigenvalue weighted by atomic mass is 79.9. The molecule has 1 saturated heterocycles. The number of fused-ring (bicyclic) bond motifs is 6. The minimum absolute atomic E-state index is 0.126. The van der Waals surface area contributed by atoms with Crippen molar-refractivity contribution in [3.05, 3.63) is 130 Å². The summed E-state index contributed by atoms with van der Waals surface area (Å²) in [5, 5.41) is 0.577. The Labute approximate surface area is 285 Å². The number of esters is 1. The fraction of sp³-hybridized carbons (Fsp3) is 0.175. The van der Waals surface area contributed by atoms with Crippen molar-refractivity contribution in [2.24, 2.45) is 23.7 Å². The monoisotopic (exact) mass is 696 g/mol. The number of anilines is 1. The van der Waals surface area contributed by atoms with Crippen LogP contribution in [0, 0.1) is 23.7 Å². The molecule has 236 valence electrons. The van der Waals surface area contributed by atoms with Crippen molar-refractivity contribution >= 4 is 56.1 Å². The molecule has 8 heteroatoms. The second kappa shape index (κ2) is 11.8. The number of ether oxygens (including phenoxy) is 1. The van der Waals surface area contributed by atoms with Crippen molar-refractivity contribution < 1.29 is 23.9 Å². The van der Waals surface area contributed by atoms with Gasteiger partial charge in [0.1, 0.15) is 0 Å². The Balaban J connectivity index is 1.03. The number of imide groups is 1. The Morgan fingerprint density at radius 3 is 2.27 bits per heavy atom. The van der Waals surface area contributed by atoms with Crippen LogP contribution in [0.15, 0.2) is 119 Å². The molecule has 0 radical (unpaired) electrons. The second-order valence-electron chi connectivity index (χ2n) is 12.7. The third kappa shape index (κ3) is 5.08. The fourth-order valence-electron chi connectivity index (χ4n) is 7.60. The van der Waals surface area contributed by atoms with Crippen LogP contribution in [0.25, 0.3) is 33.3 Å². The number of hydrogen-bond acceptors (Lipinski definition) is 6. The third-order valence-corrected chi connectivity index (χ3v) is 10.4. The molecule has 2 bridgehead atoms. The Morgan fingerprint density at radius 2 is 1.52 bits per heavy atom. The molecule has 2 amide bonds. The molecule has 8 rings (SSSR count). The smallest absolute Gasteiger partial charge is 0.339 e. The first-order valence-electron chi connectivity index (χ1n) is 15.9. The van der Waals surface area contributed by atoms with Gasteiger partial charge in [-0.1, -0.05) is 94.3 Å². The van der Waals surface area contributed by atoms with Crippen LogP contribution in [0.5, 0.6) is 0 Å². The Bertz CT molecular complexity index is 2180. The number of aromatic nitrogens is 1. The molecule has 0 spiro atoms. The minimum Gasteiger partial charge on any atom is -0.454 e. The average molecular weight is 698 g/mol. The third-order valence-electron chi connectivity index (χ3n) is 9.94. The van der Waals surface area contributed by atoms with Crippen molar-refractivity contribution in [1.82, 2.24) is 4.98 Å². The van der Waals surface area contributed by atoms with E-state index in [0.29, 0.717) is 33.4 Å². The number of rotatable bonds is 7. The van der Waals surface area contributed by atoms with Gasteiger partial charge in [-0.15, -0.1) is 0 Å². The fourth-order valence-corrected chi connectivity index (χ4v) is 7.96. The standard InChI is InChI=1S/C40H29BrN2O5/c1-22-17-27-18-30(22)37-36(27)38(45)43(39(37)46)29-14-11-25(12-15-29)34-20-32(31-19-28(41)13-16-33(31)42-34)40(47)48-21-35(44)26-9-7-24(8-10-26)23-5-3-2-4-6-23/h2-17,19-20,27,30,36-37H,18,21H2,1H3. The predicted molar refractivity (Wildman–Crippen MR) is 186 cm³/mol. The Morgan fingerprint density at radius 1 is 0.833 bits per heavy atom. The number of nitrogens with zero attached hydrogens (tertiary/aromatic N) is 2. The maximum Gasteiger partial charge on any atom is 0.339 e. The number of pyridine rings is 1. The van der Waals surface area contributed by atoms with E-state index in [0.717, 1.165) is 22.0 Å². The molecule has 5 aromatic rings. The van der Waals surface area contributed by atoms with E-state index < -0.39 is 12.6 Å². The first-order chi connectivity index (χ1) is 23.3. The summed E-state index contributed by atoms with van der Waals surface area (Å²) in [6.07, 6.45) is 3.05. The van der Waals surface area contributed by atoms with Gasteiger partial charge in [-0.05, 0) is 72.7 Å². The molecule has 4 unspecified atom stereocenters. The number of ketones is 1. The summed E-state index contributed by atoms with van der Waals surface area (Å²) in [6.45, 7) is 1.64. The van der Waals surface area contributed by atoms with Gasteiger partial charge in [0.05, 0.1) is 34.3 Å². The van der Waals surface area contributed by atoms with Crippen molar-refractivity contribution in [3.8, 4) is 22.4 Å². The summed E-state index contributed by atoms with van der Waals surface area (Å²) >= 11 is 3.48. The van der Waals surface area contributed by atoms with Gasteiger partial charge in [-0.2, -0.15) is 0 Å². The van der Waals surface area contributed by atoms with Crippen LogP contribution in [0.2, 0.25) is 0 Å². The lowest BCUT2D eigenvalue weighted by atomic mass is 9.82. The summed E-state index contributed by atoms with van der Waals surface area (Å²) in [6, 6.07) is 31.3. The van der Waals surface area contributed by atoms with E-state index in [4.69, 9.17) is 9.72 Å². The Kier molecular flexibility index (Phi) is 7.41. The quantitative estimate of drug-likeness (QED) is 0.0740. The van der Waals surface area contributed by atoms with E-state index in [2.05, 4.69) is 28.9 Å². The molecule has 1 aromatic heterocycles. The van der Waals surface area contributed by atoms with Gasteiger partial charge in [0.15, 0.2) is 12.4 Å². The van der Waals surface area contributed by atoms with Crippen LogP contribution in [0.1, 0.15) is 34.1 Å². The Hall–Kier alpha value is -5.21. The lowest BCUT2D eigenvalue weighted by Gasteiger charge is -2.19. The van der Waals surface area contributed by atoms with E-state index >= 15 is 0 Å². The number of Topliss-reactive ketones (excluding diaryl/α,β-unsaturated/α-hetero) is 1. The van der Waals surface area contributed by atoms with Crippen molar-refractivity contribution in [2.75, 3.05) is 11.5 Å². The van der Waals surface area contributed by atoms with Gasteiger partial charge in [0.2, 0.25) is 11.8 Å². The van der Waals surface area contributed by atoms with Crippen LogP contribution in [-0.2, 0) is 14.3 Å². The summed E-state index contributed by atoms with van der Waals surface area (Å²) in [7, 11) is 0. The van der Waals surface area contributed by atoms with Gasteiger partial charge >= 0.3 is 5.97 Å². The van der Waals surface area contributed by atoms with Crippen molar-refractivity contribution in [2.45, 2.75) is 13.3 Å². The van der Waals surface area contributed by atoms with Crippen LogP contribution in [0.4, 0.5) is 5.69 Å². The first-order valence-corrected chi connectivity index (χ1v) is 16.7. The van der Waals surface area contributed by atoms with Crippen LogP contribution in [0.3, 0.4) is 0 Å². The molecule has 4 atom stereocenters. The average Bonchev–Trinajstić information content (AvgIpc) is 3.76. The van der Waals surface area contributed by atoms with Crippen LogP contribution < -0.4 is 4.90 Å². The van der Waals surface area contributed by atoms with Gasteiger partial charge in [0.25, 0.3) is 0 Å². The number of allylic oxidation sites excluding steroid dienone is 2. The van der Waals surface area contributed by atoms with Gasteiger partial charge < -0.3 is 4.74 Å². The van der Waals surface area contributed by atoms with E-state index in [1.165, 1.54) is 10.5 Å². The van der Waals surface area contributed by atoms with E-state index in [1.54, 1.807) is 54.6 Å². The summed E-state index contributed by atoms with van der Waals surface area (Å²) in [4.78, 5) is 59.5. The highest BCUT2D eigenvalue weighted by molar-refractivity contribution is 9.10. The highest BCUT2D eigenvalue weighted by Gasteiger charge is 2.60. The second-order valence-corrected chi connectivity index (χ2v) is 13.6. The SMILES string of the molecule is CC1=CC2CC1C1C(=O)N(c3ccc(-c4cc(C(=O)OCC(=O)c5ccc(-c6ccccc6)cc5)c5cc(Br)ccc5n4)cc3)C(=O)C21. The lowest BCUT2D eigenvalue weighted by molar-refractivity contribution is -0.123. The van der Waals surface area contributed by atoms with Crippen molar-refractivity contribution in [1.29, 1.82) is 0 Å². The summed E-state index contributed by atoms with van der Waals surface area (Å²) in [5.41, 5.74) is 6.27. The number of carbonyl (C=O) groups excluding carboxylic acids is 4. The molecule has 2 heterocycles. The number of carbonyl (C=O) groups is 4. The molecular formula is C40H29BrN2O5. The van der Waals surface area contributed by atoms with E-state index in [-0.39, 0.29) is 46.8 Å². The first kappa shape index (κ1) is 30.1. The predicted octanol–water partition coefficient (Wildman–Crippen LogP) is 8.07.